The number of para-hydroxylation sites is 2. The number of nitrogens with one attached hydrogen (secondary N) is 1. The summed E-state index contributed by atoms with van der Waals surface area (Å²) in [6.07, 6.45) is 0. The van der Waals surface area contributed by atoms with E-state index < -0.39 is 0 Å². The van der Waals surface area contributed by atoms with Crippen LogP contribution < -0.4 is 10.2 Å². The molecule has 0 aliphatic carbocycles. The third-order valence-electron chi connectivity index (χ3n) is 3.31. The number of anilines is 1. The van der Waals surface area contributed by atoms with E-state index in [1.54, 1.807) is 18.2 Å². The summed E-state index contributed by atoms with van der Waals surface area (Å²) in [7, 11) is 0. The van der Waals surface area contributed by atoms with Crippen molar-refractivity contribution in [3.8, 4) is 0 Å². The molecule has 2 aromatic rings. The monoisotopic (exact) mass is 275 g/mol. The van der Waals surface area contributed by atoms with Gasteiger partial charge in [0.25, 0.3) is 11.5 Å². The summed E-state index contributed by atoms with van der Waals surface area (Å²) in [5.74, 6) is 0.368. The number of morpholine rings is 1. The quantitative estimate of drug-likeness (QED) is 0.625. The maximum absolute atomic E-state index is 11.8. The van der Waals surface area contributed by atoms with Crippen molar-refractivity contribution in [2.75, 3.05) is 44.7 Å². The van der Waals surface area contributed by atoms with Gasteiger partial charge in [0, 0.05) is 32.2 Å². The van der Waals surface area contributed by atoms with Gasteiger partial charge >= 0.3 is 0 Å². The minimum Gasteiger partial charge on any atom is -0.594 e. The summed E-state index contributed by atoms with van der Waals surface area (Å²) in [5.41, 5.74) is 1.12. The number of hydrogen-bond acceptors (Lipinski definition) is 6. The Morgan fingerprint density at radius 2 is 2.10 bits per heavy atom. The van der Waals surface area contributed by atoms with Gasteiger partial charge in [0.15, 0.2) is 0 Å². The molecule has 1 fully saturated rings. The molecule has 1 aliphatic rings. The fourth-order valence-electron chi connectivity index (χ4n) is 2.22. The normalized spacial score (nSPS) is 16.4. The van der Waals surface area contributed by atoms with Crippen LogP contribution in [0.2, 0.25) is 0 Å². The van der Waals surface area contributed by atoms with E-state index in [2.05, 4.69) is 20.3 Å². The molecular weight excluding hydrogens is 258 g/mol. The average molecular weight is 275 g/mol. The number of rotatable bonds is 4. The zero-order valence-corrected chi connectivity index (χ0v) is 11.2. The molecule has 3 rings (SSSR count). The topological polar surface area (TPSA) is 77.2 Å². The average Bonchev–Trinajstić information content (AvgIpc) is 2.48. The van der Waals surface area contributed by atoms with E-state index in [4.69, 9.17) is 4.74 Å². The predicted molar refractivity (Wildman–Crippen MR) is 74.2 cm³/mol. The molecule has 1 aromatic carbocycles. The lowest BCUT2D eigenvalue weighted by Gasteiger charge is -2.26. The van der Waals surface area contributed by atoms with Crippen molar-refractivity contribution >= 4 is 17.0 Å². The lowest BCUT2D eigenvalue weighted by Crippen LogP contribution is -2.39. The van der Waals surface area contributed by atoms with Crippen LogP contribution in [0, 0.1) is 5.21 Å². The first-order valence-electron chi connectivity index (χ1n) is 6.73. The van der Waals surface area contributed by atoms with Gasteiger partial charge in [0.2, 0.25) is 0 Å². The Balaban J connectivity index is 1.62. The summed E-state index contributed by atoms with van der Waals surface area (Å²) in [4.78, 5) is 7.25. The molecule has 7 nitrogen and oxygen atoms in total. The van der Waals surface area contributed by atoms with Gasteiger partial charge in [0.1, 0.15) is 5.52 Å². The number of aromatic nitrogens is 3. The molecule has 0 radical (unpaired) electrons. The Morgan fingerprint density at radius 1 is 1.30 bits per heavy atom. The summed E-state index contributed by atoms with van der Waals surface area (Å²) in [5, 5.41) is 18.7. The fraction of sp³-hybridized carbons (Fsp3) is 0.462. The zero-order valence-electron chi connectivity index (χ0n) is 11.2. The number of nitrogens with zero attached hydrogens (tertiary/aromatic N) is 4. The van der Waals surface area contributed by atoms with Crippen molar-refractivity contribution in [3.05, 3.63) is 29.5 Å². The summed E-state index contributed by atoms with van der Waals surface area (Å²) in [6, 6.07) is 7.16. The molecule has 0 saturated carbocycles. The first kappa shape index (κ1) is 13.0. The van der Waals surface area contributed by atoms with Crippen LogP contribution in [0.1, 0.15) is 0 Å². The van der Waals surface area contributed by atoms with Gasteiger partial charge in [-0.25, -0.2) is 4.98 Å². The van der Waals surface area contributed by atoms with E-state index in [9.17, 15) is 5.21 Å². The molecule has 106 valence electrons. The Bertz CT molecular complexity index is 586. The second-order valence-corrected chi connectivity index (χ2v) is 4.68. The Morgan fingerprint density at radius 3 is 2.95 bits per heavy atom. The van der Waals surface area contributed by atoms with E-state index in [-0.39, 0.29) is 0 Å². The number of benzene rings is 1. The van der Waals surface area contributed by atoms with Gasteiger partial charge in [-0.15, -0.1) is 0 Å². The lowest BCUT2D eigenvalue weighted by atomic mass is 10.3. The van der Waals surface area contributed by atoms with Gasteiger partial charge in [-0.05, 0) is 10.9 Å². The van der Waals surface area contributed by atoms with Crippen LogP contribution in [0.5, 0.6) is 0 Å². The molecule has 0 amide bonds. The summed E-state index contributed by atoms with van der Waals surface area (Å²) < 4.78 is 5.30. The van der Waals surface area contributed by atoms with E-state index in [1.807, 2.05) is 6.07 Å². The smallest absolute Gasteiger partial charge is 0.290 e. The third-order valence-corrected chi connectivity index (χ3v) is 3.31. The molecular formula is C13H17N5O2. The minimum absolute atomic E-state index is 0.368. The van der Waals surface area contributed by atoms with Crippen molar-refractivity contribution in [1.82, 2.24) is 15.0 Å². The first-order valence-corrected chi connectivity index (χ1v) is 6.73. The largest absolute Gasteiger partial charge is 0.594 e. The van der Waals surface area contributed by atoms with Crippen molar-refractivity contribution in [2.24, 2.45) is 0 Å². The molecule has 0 bridgehead atoms. The Kier molecular flexibility index (Phi) is 3.89. The van der Waals surface area contributed by atoms with Gasteiger partial charge in [0.05, 0.1) is 18.3 Å². The maximum Gasteiger partial charge on any atom is 0.290 e. The van der Waals surface area contributed by atoms with Gasteiger partial charge in [-0.2, -0.15) is 0 Å². The van der Waals surface area contributed by atoms with Crippen molar-refractivity contribution in [1.29, 1.82) is 0 Å². The van der Waals surface area contributed by atoms with Crippen molar-refractivity contribution in [2.45, 2.75) is 0 Å². The zero-order chi connectivity index (χ0) is 13.8. The first-order chi connectivity index (χ1) is 9.83. The van der Waals surface area contributed by atoms with E-state index >= 15 is 0 Å². The number of ether oxygens (including phenoxy) is 1. The lowest BCUT2D eigenvalue weighted by molar-refractivity contribution is -0.641. The predicted octanol–water partition coefficient (Wildman–Crippen LogP) is 0.00730. The highest BCUT2D eigenvalue weighted by Crippen LogP contribution is 2.07. The highest BCUT2D eigenvalue weighted by atomic mass is 16.5. The highest BCUT2D eigenvalue weighted by Gasteiger charge is 2.12. The van der Waals surface area contributed by atoms with Crippen LogP contribution in [0.25, 0.3) is 11.0 Å². The van der Waals surface area contributed by atoms with Crippen molar-refractivity contribution < 1.29 is 9.58 Å². The molecule has 1 saturated heterocycles. The highest BCUT2D eigenvalue weighted by molar-refractivity contribution is 5.71. The van der Waals surface area contributed by atoms with Crippen LogP contribution in [0.15, 0.2) is 24.3 Å². The molecule has 7 heteroatoms. The SMILES string of the molecule is [O-][n+]1nc(NCCN2CCOCC2)nc2ccccc21. The fourth-order valence-corrected chi connectivity index (χ4v) is 2.22. The van der Waals surface area contributed by atoms with E-state index in [0.29, 0.717) is 28.4 Å². The van der Waals surface area contributed by atoms with Gasteiger partial charge in [-0.1, -0.05) is 12.1 Å². The van der Waals surface area contributed by atoms with Crippen LogP contribution in [0.3, 0.4) is 0 Å². The number of hydrogen-bond donors (Lipinski definition) is 1. The molecule has 1 aromatic heterocycles. The molecule has 20 heavy (non-hydrogen) atoms. The Hall–Kier alpha value is -1.99. The van der Waals surface area contributed by atoms with E-state index in [0.717, 1.165) is 32.8 Å². The van der Waals surface area contributed by atoms with Crippen molar-refractivity contribution in [3.63, 3.8) is 0 Å². The molecule has 2 heterocycles. The summed E-state index contributed by atoms with van der Waals surface area (Å²) >= 11 is 0. The molecule has 1 aliphatic heterocycles. The molecule has 1 N–H and O–H groups in total. The van der Waals surface area contributed by atoms with Crippen LogP contribution in [-0.4, -0.2) is 54.4 Å². The summed E-state index contributed by atoms with van der Waals surface area (Å²) in [6.45, 7) is 5.06. The van der Waals surface area contributed by atoms with Crippen LogP contribution >= 0.6 is 0 Å². The second kappa shape index (κ2) is 5.98. The van der Waals surface area contributed by atoms with Crippen LogP contribution in [0.4, 0.5) is 5.95 Å². The molecule has 0 spiro atoms. The second-order valence-electron chi connectivity index (χ2n) is 4.68. The van der Waals surface area contributed by atoms with Gasteiger partial charge < -0.3 is 15.3 Å². The van der Waals surface area contributed by atoms with Gasteiger partial charge in [-0.3, -0.25) is 4.90 Å². The molecule has 0 unspecified atom stereocenters. The minimum atomic E-state index is 0.368. The Labute approximate surface area is 116 Å². The maximum atomic E-state index is 11.8. The number of fused-ring (bicyclic) bond motifs is 1. The third kappa shape index (κ3) is 2.94. The standard InChI is InChI=1S/C13H17N5O2/c19-18-12-4-2-1-3-11(12)15-13(16-18)14-5-6-17-7-9-20-10-8-17/h1-4H,5-10H2,(H,14,15,16). The van der Waals surface area contributed by atoms with Crippen LogP contribution in [-0.2, 0) is 4.74 Å². The van der Waals surface area contributed by atoms with E-state index in [1.165, 1.54) is 0 Å². The molecule has 0 atom stereocenters.